The minimum Gasteiger partial charge on any atom is -0.208 e. The number of aryl methyl sites for hydroxylation is 1. The summed E-state index contributed by atoms with van der Waals surface area (Å²) in [6.07, 6.45) is 0. The summed E-state index contributed by atoms with van der Waals surface area (Å²) in [4.78, 5) is 15.6. The van der Waals surface area contributed by atoms with Crippen molar-refractivity contribution in [2.45, 2.75) is 6.92 Å². The fourth-order valence-corrected chi connectivity index (χ4v) is 7.26. The Hall–Kier alpha value is -7.23. The molecule has 3 nitrogen and oxygen atoms in total. The van der Waals surface area contributed by atoms with Crippen molar-refractivity contribution in [1.29, 1.82) is 0 Å². The average molecular weight is 704 g/mol. The molecule has 0 bridgehead atoms. The van der Waals surface area contributed by atoms with E-state index in [9.17, 15) is 0 Å². The largest absolute Gasteiger partial charge is 0.208 e. The predicted octanol–water partition coefficient (Wildman–Crippen LogP) is 13.5. The molecule has 1 heterocycles. The molecular weight excluding hydrogens is 667 g/mol. The van der Waals surface area contributed by atoms with Crippen molar-refractivity contribution < 1.29 is 0 Å². The number of benzene rings is 8. The summed E-state index contributed by atoms with van der Waals surface area (Å²) in [6, 6.07) is 72.3. The van der Waals surface area contributed by atoms with Gasteiger partial charge in [0.25, 0.3) is 0 Å². The molecule has 0 radical (unpaired) electrons. The van der Waals surface area contributed by atoms with Crippen molar-refractivity contribution >= 4 is 0 Å². The number of rotatable bonds is 8. The summed E-state index contributed by atoms with van der Waals surface area (Å²) in [6.45, 7) is 2.14. The third-order valence-corrected chi connectivity index (χ3v) is 10.0. The van der Waals surface area contributed by atoms with Crippen LogP contribution >= 0.6 is 0 Å². The van der Waals surface area contributed by atoms with Gasteiger partial charge in [0.05, 0.1) is 0 Å². The highest BCUT2D eigenvalue weighted by Crippen LogP contribution is 2.36. The van der Waals surface area contributed by atoms with Crippen molar-refractivity contribution in [3.63, 3.8) is 0 Å². The van der Waals surface area contributed by atoms with Crippen LogP contribution in [0.1, 0.15) is 5.56 Å². The van der Waals surface area contributed by atoms with Gasteiger partial charge in [0.1, 0.15) is 0 Å². The molecule has 0 saturated carbocycles. The zero-order valence-corrected chi connectivity index (χ0v) is 30.5. The third-order valence-electron chi connectivity index (χ3n) is 10.0. The lowest BCUT2D eigenvalue weighted by atomic mass is 9.95. The maximum Gasteiger partial charge on any atom is 0.164 e. The Labute approximate surface area is 322 Å². The monoisotopic (exact) mass is 703 g/mol. The van der Waals surface area contributed by atoms with Gasteiger partial charge in [-0.2, -0.15) is 0 Å². The SMILES string of the molecule is Cc1cccc(-c2cccc(-c3cccc(-c4cccc(-c5nc(-c6ccccc6-c6ccccc6)nc(-c6ccccc6-c6ccccc6)n5)c4)c3)c2)c1. The maximum atomic E-state index is 5.21. The summed E-state index contributed by atoms with van der Waals surface area (Å²) >= 11 is 0. The third kappa shape index (κ3) is 7.12. The summed E-state index contributed by atoms with van der Waals surface area (Å²) < 4.78 is 0. The molecule has 55 heavy (non-hydrogen) atoms. The van der Waals surface area contributed by atoms with Crippen molar-refractivity contribution in [3.05, 3.63) is 212 Å². The minimum absolute atomic E-state index is 0.620. The highest BCUT2D eigenvalue weighted by molar-refractivity contribution is 5.85. The molecule has 0 aliphatic carbocycles. The molecule has 0 N–H and O–H groups in total. The molecule has 0 atom stereocenters. The van der Waals surface area contributed by atoms with Crippen LogP contribution in [0.15, 0.2) is 206 Å². The molecule has 0 amide bonds. The molecule has 0 spiro atoms. The molecule has 8 aromatic carbocycles. The fourth-order valence-electron chi connectivity index (χ4n) is 7.26. The van der Waals surface area contributed by atoms with E-state index >= 15 is 0 Å². The van der Waals surface area contributed by atoms with Crippen LogP contribution in [0, 0.1) is 6.92 Å². The average Bonchev–Trinajstić information content (AvgIpc) is 3.27. The zero-order valence-electron chi connectivity index (χ0n) is 30.5. The smallest absolute Gasteiger partial charge is 0.164 e. The number of hydrogen-bond donors (Lipinski definition) is 0. The molecule has 9 rings (SSSR count). The van der Waals surface area contributed by atoms with Crippen LogP contribution in [0.5, 0.6) is 0 Å². The van der Waals surface area contributed by atoms with E-state index in [-0.39, 0.29) is 0 Å². The van der Waals surface area contributed by atoms with E-state index in [1.54, 1.807) is 0 Å². The van der Waals surface area contributed by atoms with Gasteiger partial charge in [0, 0.05) is 16.7 Å². The first kappa shape index (κ1) is 33.6. The van der Waals surface area contributed by atoms with E-state index in [1.165, 1.54) is 22.3 Å². The van der Waals surface area contributed by atoms with Crippen LogP contribution in [-0.2, 0) is 0 Å². The van der Waals surface area contributed by atoms with Crippen LogP contribution in [0.2, 0.25) is 0 Å². The Balaban J connectivity index is 1.16. The van der Waals surface area contributed by atoms with E-state index in [1.807, 2.05) is 24.3 Å². The standard InChI is InChI=1S/C52H37N3/c1-36-16-12-21-39(32-36)40-22-13-23-41(33-40)42-24-14-25-43(34-42)44-26-15-27-45(35-44)50-53-51(48-30-10-8-28-46(48)37-17-4-2-5-18-37)55-52(54-50)49-31-11-9-29-47(49)38-19-6-3-7-20-38/h2-35H,1H3. The van der Waals surface area contributed by atoms with Crippen molar-refractivity contribution in [1.82, 2.24) is 15.0 Å². The second-order valence-corrected chi connectivity index (χ2v) is 13.7. The molecule has 9 aromatic rings. The summed E-state index contributed by atoms with van der Waals surface area (Å²) in [5, 5.41) is 0. The normalized spacial score (nSPS) is 11.0. The number of nitrogens with zero attached hydrogens (tertiary/aromatic N) is 3. The van der Waals surface area contributed by atoms with Gasteiger partial charge in [-0.1, -0.05) is 194 Å². The second-order valence-electron chi connectivity index (χ2n) is 13.7. The van der Waals surface area contributed by atoms with Gasteiger partial charge < -0.3 is 0 Å². The van der Waals surface area contributed by atoms with E-state index in [2.05, 4.69) is 189 Å². The van der Waals surface area contributed by atoms with Crippen LogP contribution in [0.3, 0.4) is 0 Å². The Kier molecular flexibility index (Phi) is 9.17. The summed E-state index contributed by atoms with van der Waals surface area (Å²) in [5.74, 6) is 1.88. The lowest BCUT2D eigenvalue weighted by Gasteiger charge is -2.14. The molecule has 1 aromatic heterocycles. The molecule has 0 fully saturated rings. The first-order valence-electron chi connectivity index (χ1n) is 18.6. The van der Waals surface area contributed by atoms with Gasteiger partial charge in [0.2, 0.25) is 0 Å². The van der Waals surface area contributed by atoms with Crippen molar-refractivity contribution in [3.8, 4) is 89.8 Å². The quantitative estimate of drug-likeness (QED) is 0.158. The van der Waals surface area contributed by atoms with Crippen LogP contribution in [-0.4, -0.2) is 15.0 Å². The predicted molar refractivity (Wildman–Crippen MR) is 228 cm³/mol. The highest BCUT2D eigenvalue weighted by atomic mass is 15.0. The highest BCUT2D eigenvalue weighted by Gasteiger charge is 2.18. The second kappa shape index (κ2) is 15.0. The Morgan fingerprint density at radius 3 is 0.982 bits per heavy atom. The maximum absolute atomic E-state index is 5.21. The molecule has 0 unspecified atom stereocenters. The van der Waals surface area contributed by atoms with Gasteiger partial charge in [-0.15, -0.1) is 0 Å². The minimum atomic E-state index is 0.620. The first-order valence-corrected chi connectivity index (χ1v) is 18.6. The number of aromatic nitrogens is 3. The Morgan fingerprint density at radius 2 is 0.545 bits per heavy atom. The van der Waals surface area contributed by atoms with Crippen LogP contribution in [0.25, 0.3) is 89.8 Å². The summed E-state index contributed by atoms with van der Waals surface area (Å²) in [5.41, 5.74) is 15.4. The van der Waals surface area contributed by atoms with E-state index < -0.39 is 0 Å². The Morgan fingerprint density at radius 1 is 0.236 bits per heavy atom. The lowest BCUT2D eigenvalue weighted by molar-refractivity contribution is 1.07. The van der Waals surface area contributed by atoms with Crippen molar-refractivity contribution in [2.24, 2.45) is 0 Å². The molecule has 0 aliphatic rings. The van der Waals surface area contributed by atoms with Gasteiger partial charge in [-0.3, -0.25) is 0 Å². The molecular formula is C52H37N3. The van der Waals surface area contributed by atoms with E-state index in [4.69, 9.17) is 15.0 Å². The van der Waals surface area contributed by atoms with E-state index in [0.717, 1.165) is 55.6 Å². The molecule has 0 saturated heterocycles. The van der Waals surface area contributed by atoms with Gasteiger partial charge >= 0.3 is 0 Å². The molecule has 3 heteroatoms. The van der Waals surface area contributed by atoms with Crippen molar-refractivity contribution in [2.75, 3.05) is 0 Å². The first-order chi connectivity index (χ1) is 27.2. The van der Waals surface area contributed by atoms with Gasteiger partial charge in [-0.25, -0.2) is 15.0 Å². The number of hydrogen-bond acceptors (Lipinski definition) is 3. The van der Waals surface area contributed by atoms with Crippen LogP contribution < -0.4 is 0 Å². The summed E-state index contributed by atoms with van der Waals surface area (Å²) in [7, 11) is 0. The molecule has 0 aliphatic heterocycles. The van der Waals surface area contributed by atoms with Gasteiger partial charge in [0.15, 0.2) is 17.5 Å². The lowest BCUT2D eigenvalue weighted by Crippen LogP contribution is -2.02. The zero-order chi connectivity index (χ0) is 37.0. The van der Waals surface area contributed by atoms with Gasteiger partial charge in [-0.05, 0) is 80.8 Å². The van der Waals surface area contributed by atoms with Crippen LogP contribution in [0.4, 0.5) is 0 Å². The molecule has 260 valence electrons. The topological polar surface area (TPSA) is 38.7 Å². The Bertz CT molecular complexity index is 2670. The van der Waals surface area contributed by atoms with E-state index in [0.29, 0.717) is 17.5 Å². The fraction of sp³-hybridized carbons (Fsp3) is 0.0192.